The normalized spacial score (nSPS) is 11.6. The zero-order valence-corrected chi connectivity index (χ0v) is 13.1. The van der Waals surface area contributed by atoms with Gasteiger partial charge in [0.15, 0.2) is 0 Å². The summed E-state index contributed by atoms with van der Waals surface area (Å²) in [4.78, 5) is 13.0. The van der Waals surface area contributed by atoms with E-state index in [1.807, 2.05) is 26.8 Å². The van der Waals surface area contributed by atoms with Crippen LogP contribution < -0.4 is 0 Å². The molecule has 0 saturated heterocycles. The average Bonchev–Trinajstić information content (AvgIpc) is 2.30. The Morgan fingerprint density at radius 3 is 2.37 bits per heavy atom. The van der Waals surface area contributed by atoms with E-state index in [2.05, 4.69) is 15.0 Å². The third-order valence-corrected chi connectivity index (χ3v) is 3.54. The molecule has 0 bridgehead atoms. The smallest absolute Gasteiger partial charge is 0.136 e. The van der Waals surface area contributed by atoms with Crippen molar-refractivity contribution >= 4 is 35.0 Å². The first-order valence-corrected chi connectivity index (χ1v) is 7.26. The molecule has 100 valence electrons. The standard InChI is InChI=1S/C13H13Cl2N3S/c1-13(2,3)12-17-9(15)6-11(18-12)19-10-5-4-8(14)7-16-10/h4-7H,1-3H3. The number of rotatable bonds is 2. The molecule has 0 N–H and O–H groups in total. The second-order valence-electron chi connectivity index (χ2n) is 5.02. The minimum absolute atomic E-state index is 0.145. The first-order chi connectivity index (χ1) is 8.84. The van der Waals surface area contributed by atoms with Gasteiger partial charge in [0.2, 0.25) is 0 Å². The largest absolute Gasteiger partial charge is 0.248 e. The van der Waals surface area contributed by atoms with Crippen LogP contribution in [0, 0.1) is 0 Å². The molecule has 2 aromatic heterocycles. The first kappa shape index (κ1) is 14.6. The van der Waals surface area contributed by atoms with Crippen LogP contribution in [0.25, 0.3) is 0 Å². The summed E-state index contributed by atoms with van der Waals surface area (Å²) in [5, 5.41) is 2.65. The number of hydrogen-bond acceptors (Lipinski definition) is 4. The Morgan fingerprint density at radius 2 is 1.79 bits per heavy atom. The lowest BCUT2D eigenvalue weighted by molar-refractivity contribution is 0.538. The minimum Gasteiger partial charge on any atom is -0.248 e. The molecule has 2 rings (SSSR count). The van der Waals surface area contributed by atoms with Gasteiger partial charge in [0, 0.05) is 17.7 Å². The average molecular weight is 314 g/mol. The predicted molar refractivity (Wildman–Crippen MR) is 79.1 cm³/mol. The molecule has 0 spiro atoms. The number of halogens is 2. The van der Waals surface area contributed by atoms with Crippen LogP contribution in [0.1, 0.15) is 26.6 Å². The van der Waals surface area contributed by atoms with Gasteiger partial charge in [-0.15, -0.1) is 0 Å². The van der Waals surface area contributed by atoms with Crippen molar-refractivity contribution in [1.29, 1.82) is 0 Å². The molecule has 0 aliphatic carbocycles. The van der Waals surface area contributed by atoms with Crippen LogP contribution in [0.2, 0.25) is 10.2 Å². The van der Waals surface area contributed by atoms with E-state index in [1.165, 1.54) is 11.8 Å². The molecule has 0 amide bonds. The van der Waals surface area contributed by atoms with Crippen molar-refractivity contribution in [3.05, 3.63) is 40.4 Å². The van der Waals surface area contributed by atoms with Crippen molar-refractivity contribution in [1.82, 2.24) is 15.0 Å². The van der Waals surface area contributed by atoms with Gasteiger partial charge >= 0.3 is 0 Å². The maximum atomic E-state index is 6.04. The monoisotopic (exact) mass is 313 g/mol. The molecule has 19 heavy (non-hydrogen) atoms. The van der Waals surface area contributed by atoms with Gasteiger partial charge in [0.25, 0.3) is 0 Å². The van der Waals surface area contributed by atoms with E-state index in [4.69, 9.17) is 23.2 Å². The molecule has 0 radical (unpaired) electrons. The second kappa shape index (κ2) is 5.65. The van der Waals surface area contributed by atoms with E-state index in [0.29, 0.717) is 10.2 Å². The molecular formula is C13H13Cl2N3S. The quantitative estimate of drug-likeness (QED) is 0.758. The lowest BCUT2D eigenvalue weighted by atomic mass is 9.96. The van der Waals surface area contributed by atoms with Gasteiger partial charge in [-0.25, -0.2) is 15.0 Å². The number of hydrogen-bond donors (Lipinski definition) is 0. The van der Waals surface area contributed by atoms with E-state index in [9.17, 15) is 0 Å². The Balaban J connectivity index is 2.30. The molecule has 3 nitrogen and oxygen atoms in total. The summed E-state index contributed by atoms with van der Waals surface area (Å²) in [6.07, 6.45) is 1.61. The van der Waals surface area contributed by atoms with Crippen molar-refractivity contribution in [3.63, 3.8) is 0 Å². The number of pyridine rings is 1. The van der Waals surface area contributed by atoms with Crippen molar-refractivity contribution < 1.29 is 0 Å². The van der Waals surface area contributed by atoms with Crippen LogP contribution in [0.5, 0.6) is 0 Å². The number of nitrogens with zero attached hydrogens (tertiary/aromatic N) is 3. The molecule has 2 aromatic rings. The van der Waals surface area contributed by atoms with Crippen LogP contribution in [0.3, 0.4) is 0 Å². The zero-order chi connectivity index (χ0) is 14.0. The van der Waals surface area contributed by atoms with Gasteiger partial charge in [-0.05, 0) is 23.9 Å². The van der Waals surface area contributed by atoms with Crippen molar-refractivity contribution in [3.8, 4) is 0 Å². The Labute approximate surface area is 126 Å². The Morgan fingerprint density at radius 1 is 1.05 bits per heavy atom. The highest BCUT2D eigenvalue weighted by atomic mass is 35.5. The van der Waals surface area contributed by atoms with Crippen LogP contribution in [0.4, 0.5) is 0 Å². The highest BCUT2D eigenvalue weighted by Crippen LogP contribution is 2.29. The maximum Gasteiger partial charge on any atom is 0.136 e. The lowest BCUT2D eigenvalue weighted by Gasteiger charge is -2.17. The van der Waals surface area contributed by atoms with Crippen molar-refractivity contribution in [2.75, 3.05) is 0 Å². The van der Waals surface area contributed by atoms with E-state index >= 15 is 0 Å². The number of aromatic nitrogens is 3. The van der Waals surface area contributed by atoms with Gasteiger partial charge in [-0.1, -0.05) is 44.0 Å². The molecule has 0 atom stereocenters. The molecule has 6 heteroatoms. The van der Waals surface area contributed by atoms with Gasteiger partial charge < -0.3 is 0 Å². The third kappa shape index (κ3) is 4.06. The Bertz CT molecular complexity index is 579. The highest BCUT2D eigenvalue weighted by molar-refractivity contribution is 7.99. The van der Waals surface area contributed by atoms with E-state index in [1.54, 1.807) is 18.3 Å². The predicted octanol–water partition coefficient (Wildman–Crippen LogP) is 4.63. The highest BCUT2D eigenvalue weighted by Gasteiger charge is 2.19. The van der Waals surface area contributed by atoms with Crippen LogP contribution in [0.15, 0.2) is 34.4 Å². The zero-order valence-electron chi connectivity index (χ0n) is 10.8. The SMILES string of the molecule is CC(C)(C)c1nc(Cl)cc(Sc2ccc(Cl)cn2)n1. The maximum absolute atomic E-state index is 6.04. The lowest BCUT2D eigenvalue weighted by Crippen LogP contribution is -2.16. The molecular weight excluding hydrogens is 301 g/mol. The van der Waals surface area contributed by atoms with E-state index < -0.39 is 0 Å². The fraction of sp³-hybridized carbons (Fsp3) is 0.308. The summed E-state index contributed by atoms with van der Waals surface area (Å²) in [5.74, 6) is 0.719. The molecule has 0 unspecified atom stereocenters. The molecule has 0 aromatic carbocycles. The van der Waals surface area contributed by atoms with Gasteiger partial charge in [-0.2, -0.15) is 0 Å². The second-order valence-corrected chi connectivity index (χ2v) is 6.88. The van der Waals surface area contributed by atoms with Gasteiger partial charge in [-0.3, -0.25) is 0 Å². The summed E-state index contributed by atoms with van der Waals surface area (Å²) in [7, 11) is 0. The van der Waals surface area contributed by atoms with Gasteiger partial charge in [0.1, 0.15) is 21.0 Å². The van der Waals surface area contributed by atoms with Crippen LogP contribution in [-0.4, -0.2) is 15.0 Å². The van der Waals surface area contributed by atoms with E-state index in [0.717, 1.165) is 15.9 Å². The fourth-order valence-electron chi connectivity index (χ4n) is 1.31. The summed E-state index contributed by atoms with van der Waals surface area (Å²) < 4.78 is 0. The van der Waals surface area contributed by atoms with Crippen molar-refractivity contribution in [2.45, 2.75) is 36.2 Å². The fourth-order valence-corrected chi connectivity index (χ4v) is 2.43. The minimum atomic E-state index is -0.145. The van der Waals surface area contributed by atoms with Crippen LogP contribution in [-0.2, 0) is 5.41 Å². The van der Waals surface area contributed by atoms with E-state index in [-0.39, 0.29) is 5.41 Å². The van der Waals surface area contributed by atoms with Crippen LogP contribution >= 0.6 is 35.0 Å². The summed E-state index contributed by atoms with van der Waals surface area (Å²) >= 11 is 13.3. The molecule has 0 fully saturated rings. The first-order valence-electron chi connectivity index (χ1n) is 5.69. The molecule has 0 aliphatic rings. The van der Waals surface area contributed by atoms with Gasteiger partial charge in [0.05, 0.1) is 5.02 Å². The molecule has 0 saturated carbocycles. The third-order valence-electron chi connectivity index (χ3n) is 2.25. The summed E-state index contributed by atoms with van der Waals surface area (Å²) in [5.41, 5.74) is -0.145. The summed E-state index contributed by atoms with van der Waals surface area (Å²) in [6, 6.07) is 5.38. The van der Waals surface area contributed by atoms with Crippen molar-refractivity contribution in [2.24, 2.45) is 0 Å². The Kier molecular flexibility index (Phi) is 4.33. The summed E-state index contributed by atoms with van der Waals surface area (Å²) in [6.45, 7) is 6.15. The molecule has 0 aliphatic heterocycles. The molecule has 2 heterocycles. The Hall–Kier alpha value is -0.840. The topological polar surface area (TPSA) is 38.7 Å².